The summed E-state index contributed by atoms with van der Waals surface area (Å²) >= 11 is 0. The van der Waals surface area contributed by atoms with Crippen LogP contribution in [0.1, 0.15) is 71.1 Å². The lowest BCUT2D eigenvalue weighted by Crippen LogP contribution is -2.59. The Bertz CT molecular complexity index is 327. The van der Waals surface area contributed by atoms with Gasteiger partial charge in [-0.3, -0.25) is 9.80 Å². The summed E-state index contributed by atoms with van der Waals surface area (Å²) in [6.45, 7) is 11.9. The molecule has 134 valence electrons. The minimum absolute atomic E-state index is 0.682. The third-order valence-electron chi connectivity index (χ3n) is 5.04. The van der Waals surface area contributed by atoms with Crippen LogP contribution in [0.15, 0.2) is 0 Å². The molecule has 1 saturated heterocycles. The molecule has 0 radical (unpaired) electrons. The Morgan fingerprint density at radius 3 is 2.04 bits per heavy atom. The molecular weight excluding hydrogens is 298 g/mol. The lowest BCUT2D eigenvalue weighted by Gasteiger charge is -2.46. The molecule has 0 spiro atoms. The minimum atomic E-state index is -0.746. The molecule has 0 aromatic rings. The van der Waals surface area contributed by atoms with Gasteiger partial charge in [0, 0.05) is 31.8 Å². The maximum absolute atomic E-state index is 8.89. The van der Waals surface area contributed by atoms with Crippen LogP contribution < -0.4 is 0 Å². The summed E-state index contributed by atoms with van der Waals surface area (Å²) in [6, 6.07) is 2.33. The number of nitriles is 1. The maximum Gasteiger partial charge on any atom is 0.0692 e. The van der Waals surface area contributed by atoms with Crippen molar-refractivity contribution >= 4 is 8.80 Å². The van der Waals surface area contributed by atoms with Gasteiger partial charge in [0.05, 0.1) is 14.9 Å². The second kappa shape index (κ2) is 13.0. The molecule has 1 atom stereocenters. The van der Waals surface area contributed by atoms with E-state index in [-0.39, 0.29) is 0 Å². The number of rotatable bonds is 12. The summed E-state index contributed by atoms with van der Waals surface area (Å²) < 4.78 is 0. The first-order valence-electron chi connectivity index (χ1n) is 10.1. The quantitative estimate of drug-likeness (QED) is 0.390. The van der Waals surface area contributed by atoms with Crippen LogP contribution in [-0.4, -0.2) is 50.6 Å². The van der Waals surface area contributed by atoms with Crippen LogP contribution >= 0.6 is 0 Å². The molecule has 0 amide bonds. The van der Waals surface area contributed by atoms with Crippen molar-refractivity contribution in [2.24, 2.45) is 0 Å². The molecule has 0 aromatic heterocycles. The maximum atomic E-state index is 8.89. The van der Waals surface area contributed by atoms with E-state index in [0.717, 1.165) is 6.54 Å². The molecule has 0 aliphatic carbocycles. The average Bonchev–Trinajstić information content (AvgIpc) is 2.55. The van der Waals surface area contributed by atoms with Crippen LogP contribution in [-0.2, 0) is 0 Å². The van der Waals surface area contributed by atoms with Gasteiger partial charge in [0.1, 0.15) is 0 Å². The lowest BCUT2D eigenvalue weighted by molar-refractivity contribution is 0.0517. The van der Waals surface area contributed by atoms with Gasteiger partial charge in [0.15, 0.2) is 0 Å². The third kappa shape index (κ3) is 8.33. The predicted molar refractivity (Wildman–Crippen MR) is 103 cm³/mol. The fraction of sp³-hybridized carbons (Fsp3) is 0.947. The fourth-order valence-corrected chi connectivity index (χ4v) is 6.23. The highest BCUT2D eigenvalue weighted by molar-refractivity contribution is 6.57. The molecule has 4 heteroatoms. The van der Waals surface area contributed by atoms with Crippen LogP contribution in [0.4, 0.5) is 0 Å². The Morgan fingerprint density at radius 1 is 0.913 bits per heavy atom. The largest absolute Gasteiger partial charge is 0.291 e. The molecule has 23 heavy (non-hydrogen) atoms. The number of hydrogen-bond acceptors (Lipinski definition) is 3. The first-order valence-corrected chi connectivity index (χ1v) is 13.0. The third-order valence-corrected chi connectivity index (χ3v) is 7.08. The van der Waals surface area contributed by atoms with E-state index in [9.17, 15) is 0 Å². The average molecular weight is 338 g/mol. The van der Waals surface area contributed by atoms with Crippen molar-refractivity contribution in [2.45, 2.75) is 90.0 Å². The summed E-state index contributed by atoms with van der Waals surface area (Å²) in [5.41, 5.74) is 0. The van der Waals surface area contributed by atoms with Crippen LogP contribution in [0.5, 0.6) is 0 Å². The highest BCUT2D eigenvalue weighted by Crippen LogP contribution is 2.19. The Morgan fingerprint density at radius 2 is 1.48 bits per heavy atom. The van der Waals surface area contributed by atoms with Gasteiger partial charge in [0.2, 0.25) is 0 Å². The molecule has 0 aromatic carbocycles. The van der Waals surface area contributed by atoms with Crippen LogP contribution in [0.3, 0.4) is 0 Å². The summed E-state index contributed by atoms with van der Waals surface area (Å²) in [4.78, 5) is 5.35. The van der Waals surface area contributed by atoms with Gasteiger partial charge in [-0.1, -0.05) is 65.0 Å². The summed E-state index contributed by atoms with van der Waals surface area (Å²) in [5, 5.41) is 8.89. The number of nitrogens with zero attached hydrogens (tertiary/aromatic N) is 3. The number of hydrogen-bond donors (Lipinski definition) is 0. The van der Waals surface area contributed by atoms with Gasteiger partial charge in [-0.05, 0) is 19.4 Å². The van der Waals surface area contributed by atoms with Gasteiger partial charge in [-0.25, -0.2) is 0 Å². The van der Waals surface area contributed by atoms with Gasteiger partial charge >= 0.3 is 0 Å². The van der Waals surface area contributed by atoms with Gasteiger partial charge in [-0.15, -0.1) is 0 Å². The molecule has 0 saturated carbocycles. The zero-order valence-electron chi connectivity index (χ0n) is 15.9. The van der Waals surface area contributed by atoms with Crippen molar-refractivity contribution in [1.82, 2.24) is 9.80 Å². The van der Waals surface area contributed by atoms with Crippen molar-refractivity contribution < 1.29 is 0 Å². The molecule has 1 unspecified atom stereocenters. The monoisotopic (exact) mass is 337 g/mol. The van der Waals surface area contributed by atoms with E-state index >= 15 is 0 Å². The first kappa shape index (κ1) is 20.7. The first-order chi connectivity index (χ1) is 11.2. The predicted octanol–water partition coefficient (Wildman–Crippen LogP) is 4.40. The Kier molecular flexibility index (Phi) is 11.7. The molecule has 3 nitrogen and oxygen atoms in total. The van der Waals surface area contributed by atoms with Gasteiger partial charge < -0.3 is 0 Å². The molecule has 1 rings (SSSR count). The lowest BCUT2D eigenvalue weighted by atomic mass is 10.1. The van der Waals surface area contributed by atoms with Crippen molar-refractivity contribution in [2.75, 3.05) is 26.2 Å². The van der Waals surface area contributed by atoms with Crippen molar-refractivity contribution in [3.63, 3.8) is 0 Å². The Hall–Kier alpha value is -0.373. The second-order valence-electron chi connectivity index (χ2n) is 7.47. The Labute approximate surface area is 146 Å². The van der Waals surface area contributed by atoms with E-state index in [1.807, 2.05) is 0 Å². The van der Waals surface area contributed by atoms with Crippen molar-refractivity contribution in [1.29, 1.82) is 5.26 Å². The smallest absolute Gasteiger partial charge is 0.0692 e. The van der Waals surface area contributed by atoms with E-state index in [4.69, 9.17) is 5.26 Å². The van der Waals surface area contributed by atoms with Crippen molar-refractivity contribution in [3.05, 3.63) is 0 Å². The van der Waals surface area contributed by atoms with E-state index in [0.29, 0.717) is 12.2 Å². The van der Waals surface area contributed by atoms with Crippen LogP contribution in [0.2, 0.25) is 13.1 Å². The van der Waals surface area contributed by atoms with Crippen LogP contribution in [0.25, 0.3) is 0 Å². The zero-order valence-corrected chi connectivity index (χ0v) is 17.1. The Balaban J connectivity index is 2.26. The van der Waals surface area contributed by atoms with E-state index in [2.05, 4.69) is 35.9 Å². The summed E-state index contributed by atoms with van der Waals surface area (Å²) in [6.07, 6.45) is 13.2. The molecule has 1 aliphatic rings. The topological polar surface area (TPSA) is 30.3 Å². The molecule has 0 bridgehead atoms. The molecule has 0 N–H and O–H groups in total. The van der Waals surface area contributed by atoms with Gasteiger partial charge in [-0.2, -0.15) is 5.26 Å². The van der Waals surface area contributed by atoms with E-state index in [1.165, 1.54) is 77.4 Å². The zero-order chi connectivity index (χ0) is 16.9. The molecule has 1 heterocycles. The molecule has 1 fully saturated rings. The second-order valence-corrected chi connectivity index (χ2v) is 10.6. The summed E-state index contributed by atoms with van der Waals surface area (Å²) in [7, 11) is -0.746. The van der Waals surface area contributed by atoms with Crippen LogP contribution in [0, 0.1) is 11.3 Å². The normalized spacial score (nSPS) is 20.0. The highest BCUT2D eigenvalue weighted by Gasteiger charge is 2.31. The minimum Gasteiger partial charge on any atom is -0.291 e. The standard InChI is InChI=1S/C19H39N3Si/c1-4-5-6-7-8-9-10-11-15-21-17-13-18-22(16-12-14-20)19(21)23(2)3/h19,23H,4-13,15-18H2,1-3H3. The van der Waals surface area contributed by atoms with E-state index in [1.54, 1.807) is 0 Å². The highest BCUT2D eigenvalue weighted by atomic mass is 28.3. The number of unbranched alkanes of at least 4 members (excludes halogenated alkanes) is 7. The van der Waals surface area contributed by atoms with Gasteiger partial charge in [0.25, 0.3) is 0 Å². The summed E-state index contributed by atoms with van der Waals surface area (Å²) in [5.74, 6) is 0.682. The SMILES string of the molecule is CCCCCCCCCCN1CCCN(CCC#N)C1[SiH](C)C. The molecular formula is C19H39N3Si. The van der Waals surface area contributed by atoms with E-state index < -0.39 is 8.80 Å². The van der Waals surface area contributed by atoms with Crippen molar-refractivity contribution in [3.8, 4) is 6.07 Å². The molecule has 1 aliphatic heterocycles. The fourth-order valence-electron chi connectivity index (χ4n) is 3.95.